The quantitative estimate of drug-likeness (QED) is 0.480. The maximum atomic E-state index is 12.0. The summed E-state index contributed by atoms with van der Waals surface area (Å²) >= 11 is 5.99. The fourth-order valence-electron chi connectivity index (χ4n) is 1.68. The molecule has 8 heteroatoms. The molecule has 0 N–H and O–H groups in total. The van der Waals surface area contributed by atoms with Crippen LogP contribution in [0.5, 0.6) is 0 Å². The third kappa shape index (κ3) is 3.62. The molecule has 0 saturated heterocycles. The summed E-state index contributed by atoms with van der Waals surface area (Å²) in [5.74, 6) is -0.281. The van der Waals surface area contributed by atoms with E-state index >= 15 is 0 Å². The van der Waals surface area contributed by atoms with Gasteiger partial charge in [-0.15, -0.1) is 5.10 Å². The largest absolute Gasteiger partial charge is 0.461 e. The zero-order valence-electron chi connectivity index (χ0n) is 12.5. The van der Waals surface area contributed by atoms with Gasteiger partial charge in [0.2, 0.25) is 5.69 Å². The standard InChI is InChI=1S/C14H16ClN5O2/c1-4-22-14(21)12-13(16-9-19(2)3)20(18-17-12)11-7-5-6-10(15)8-11/h5-9H,4H2,1-3H3/b16-9+. The van der Waals surface area contributed by atoms with Crippen molar-refractivity contribution in [3.05, 3.63) is 35.0 Å². The molecular weight excluding hydrogens is 306 g/mol. The molecule has 2 aromatic rings. The number of rotatable bonds is 5. The molecule has 116 valence electrons. The molecule has 0 atom stereocenters. The Kier molecular flexibility index (Phi) is 5.11. The minimum Gasteiger partial charge on any atom is -0.461 e. The second-order valence-electron chi connectivity index (χ2n) is 4.58. The first-order chi connectivity index (χ1) is 10.5. The molecular formula is C14H16ClN5O2. The molecule has 0 unspecified atom stereocenters. The van der Waals surface area contributed by atoms with Gasteiger partial charge in [-0.25, -0.2) is 9.79 Å². The van der Waals surface area contributed by atoms with Crippen LogP contribution in [0.25, 0.3) is 5.69 Å². The van der Waals surface area contributed by atoms with E-state index in [1.54, 1.807) is 42.4 Å². The second kappa shape index (κ2) is 7.04. The zero-order valence-corrected chi connectivity index (χ0v) is 13.3. The molecule has 7 nitrogen and oxygen atoms in total. The Morgan fingerprint density at radius 1 is 1.50 bits per heavy atom. The van der Waals surface area contributed by atoms with Crippen LogP contribution in [0.4, 0.5) is 5.82 Å². The number of carbonyl (C=O) groups excluding carboxylic acids is 1. The number of benzene rings is 1. The van der Waals surface area contributed by atoms with Crippen LogP contribution in [-0.2, 0) is 4.74 Å². The Balaban J connectivity index is 2.52. The van der Waals surface area contributed by atoms with Crippen molar-refractivity contribution in [3.63, 3.8) is 0 Å². The third-order valence-corrected chi connectivity index (χ3v) is 2.81. The summed E-state index contributed by atoms with van der Waals surface area (Å²) in [6.07, 6.45) is 1.56. The van der Waals surface area contributed by atoms with Gasteiger partial charge in [-0.3, -0.25) is 0 Å². The lowest BCUT2D eigenvalue weighted by Crippen LogP contribution is -2.09. The summed E-state index contributed by atoms with van der Waals surface area (Å²) in [4.78, 5) is 18.0. The van der Waals surface area contributed by atoms with Gasteiger partial charge in [-0.05, 0) is 25.1 Å². The highest BCUT2D eigenvalue weighted by Crippen LogP contribution is 2.23. The molecule has 0 fully saturated rings. The highest BCUT2D eigenvalue weighted by Gasteiger charge is 2.21. The second-order valence-corrected chi connectivity index (χ2v) is 5.02. The summed E-state index contributed by atoms with van der Waals surface area (Å²) in [7, 11) is 3.64. The van der Waals surface area contributed by atoms with Gasteiger partial charge in [0.25, 0.3) is 0 Å². The number of aliphatic imine (C=N–C) groups is 1. The number of carbonyl (C=O) groups is 1. The SMILES string of the molecule is CCOC(=O)c1nnn(-c2cccc(Cl)c2)c1/N=C/N(C)C. The van der Waals surface area contributed by atoms with E-state index in [1.165, 1.54) is 4.68 Å². The van der Waals surface area contributed by atoms with Gasteiger partial charge in [0.15, 0.2) is 5.82 Å². The van der Waals surface area contributed by atoms with Crippen molar-refractivity contribution in [1.29, 1.82) is 0 Å². The Hall–Kier alpha value is -2.41. The van der Waals surface area contributed by atoms with E-state index in [0.717, 1.165) is 0 Å². The topological polar surface area (TPSA) is 72.6 Å². The lowest BCUT2D eigenvalue weighted by Gasteiger charge is -2.06. The van der Waals surface area contributed by atoms with E-state index in [2.05, 4.69) is 15.3 Å². The van der Waals surface area contributed by atoms with Gasteiger partial charge in [0.05, 0.1) is 18.6 Å². The number of ether oxygens (including phenoxy) is 1. The first-order valence-electron chi connectivity index (χ1n) is 6.62. The average molecular weight is 322 g/mol. The predicted octanol–water partition coefficient (Wildman–Crippen LogP) is 2.32. The van der Waals surface area contributed by atoms with Crippen LogP contribution in [0.1, 0.15) is 17.4 Å². The summed E-state index contributed by atoms with van der Waals surface area (Å²) in [5, 5.41) is 8.41. The van der Waals surface area contributed by atoms with Gasteiger partial charge >= 0.3 is 5.97 Å². The highest BCUT2D eigenvalue weighted by atomic mass is 35.5. The van der Waals surface area contributed by atoms with Gasteiger partial charge in [0.1, 0.15) is 0 Å². The smallest absolute Gasteiger partial charge is 0.362 e. The van der Waals surface area contributed by atoms with E-state index in [0.29, 0.717) is 10.7 Å². The molecule has 0 bridgehead atoms. The number of hydrogen-bond acceptors (Lipinski definition) is 5. The fourth-order valence-corrected chi connectivity index (χ4v) is 1.86. The van der Waals surface area contributed by atoms with Crippen molar-refractivity contribution in [2.45, 2.75) is 6.92 Å². The molecule has 0 saturated carbocycles. The van der Waals surface area contributed by atoms with E-state index in [1.807, 2.05) is 14.1 Å². The van der Waals surface area contributed by atoms with Crippen molar-refractivity contribution in [1.82, 2.24) is 19.9 Å². The van der Waals surface area contributed by atoms with Crippen LogP contribution in [0.3, 0.4) is 0 Å². The van der Waals surface area contributed by atoms with Crippen LogP contribution in [-0.4, -0.2) is 52.9 Å². The zero-order chi connectivity index (χ0) is 16.1. The van der Waals surface area contributed by atoms with Crippen molar-refractivity contribution in [2.24, 2.45) is 4.99 Å². The molecule has 0 aliphatic heterocycles. The fraction of sp³-hybridized carbons (Fsp3) is 0.286. The van der Waals surface area contributed by atoms with E-state index in [4.69, 9.17) is 16.3 Å². The molecule has 0 radical (unpaired) electrons. The monoisotopic (exact) mass is 321 g/mol. The molecule has 1 aromatic heterocycles. The van der Waals surface area contributed by atoms with Gasteiger partial charge in [0, 0.05) is 19.1 Å². The van der Waals surface area contributed by atoms with Crippen molar-refractivity contribution >= 4 is 29.7 Å². The average Bonchev–Trinajstić information content (AvgIpc) is 2.89. The number of nitrogens with zero attached hydrogens (tertiary/aromatic N) is 5. The Morgan fingerprint density at radius 2 is 2.27 bits per heavy atom. The lowest BCUT2D eigenvalue weighted by atomic mass is 10.3. The van der Waals surface area contributed by atoms with E-state index < -0.39 is 5.97 Å². The minimum atomic E-state index is -0.568. The molecule has 2 rings (SSSR count). The van der Waals surface area contributed by atoms with Crippen LogP contribution < -0.4 is 0 Å². The number of esters is 1. The summed E-state index contributed by atoms with van der Waals surface area (Å²) in [5.41, 5.74) is 0.710. The number of halogens is 1. The Bertz CT molecular complexity index is 696. The van der Waals surface area contributed by atoms with Gasteiger partial charge in [-0.2, -0.15) is 4.68 Å². The first kappa shape index (κ1) is 16.0. The van der Waals surface area contributed by atoms with Crippen molar-refractivity contribution in [3.8, 4) is 5.69 Å². The highest BCUT2D eigenvalue weighted by molar-refractivity contribution is 6.30. The van der Waals surface area contributed by atoms with Crippen LogP contribution in [0.15, 0.2) is 29.3 Å². The maximum Gasteiger partial charge on any atom is 0.362 e. The lowest BCUT2D eigenvalue weighted by molar-refractivity contribution is 0.0520. The summed E-state index contributed by atoms with van der Waals surface area (Å²) in [6, 6.07) is 7.03. The Morgan fingerprint density at radius 3 is 2.91 bits per heavy atom. The molecule has 0 amide bonds. The predicted molar refractivity (Wildman–Crippen MR) is 84.2 cm³/mol. The molecule has 0 aliphatic rings. The summed E-state index contributed by atoms with van der Waals surface area (Å²) < 4.78 is 6.42. The van der Waals surface area contributed by atoms with Crippen molar-refractivity contribution < 1.29 is 9.53 Å². The van der Waals surface area contributed by atoms with E-state index in [9.17, 15) is 4.79 Å². The molecule has 1 aromatic carbocycles. The first-order valence-corrected chi connectivity index (χ1v) is 7.00. The van der Waals surface area contributed by atoms with Crippen LogP contribution in [0.2, 0.25) is 5.02 Å². The normalized spacial score (nSPS) is 10.9. The Labute approximate surface area is 133 Å². The minimum absolute atomic E-state index is 0.0555. The van der Waals surface area contributed by atoms with Gasteiger partial charge < -0.3 is 9.64 Å². The van der Waals surface area contributed by atoms with E-state index in [-0.39, 0.29) is 18.1 Å². The summed E-state index contributed by atoms with van der Waals surface area (Å²) in [6.45, 7) is 1.97. The number of hydrogen-bond donors (Lipinski definition) is 0. The maximum absolute atomic E-state index is 12.0. The van der Waals surface area contributed by atoms with Crippen LogP contribution in [0, 0.1) is 0 Å². The third-order valence-electron chi connectivity index (χ3n) is 2.58. The van der Waals surface area contributed by atoms with Crippen LogP contribution >= 0.6 is 11.6 Å². The van der Waals surface area contributed by atoms with Crippen molar-refractivity contribution in [2.75, 3.05) is 20.7 Å². The number of aromatic nitrogens is 3. The molecule has 0 aliphatic carbocycles. The molecule has 0 spiro atoms. The molecule has 1 heterocycles. The molecule has 22 heavy (non-hydrogen) atoms. The van der Waals surface area contributed by atoms with Gasteiger partial charge in [-0.1, -0.05) is 22.9 Å².